The number of likely N-dealkylation sites (tertiary alicyclic amines) is 1. The van der Waals surface area contributed by atoms with Gasteiger partial charge >= 0.3 is 0 Å². The predicted octanol–water partition coefficient (Wildman–Crippen LogP) is 5.80. The van der Waals surface area contributed by atoms with Crippen LogP contribution in [0.4, 0.5) is 0 Å². The van der Waals surface area contributed by atoms with Crippen LogP contribution in [0.2, 0.25) is 0 Å². The summed E-state index contributed by atoms with van der Waals surface area (Å²) in [4.78, 5) is 47.8. The smallest absolute Gasteiger partial charge is 0.270 e. The number of pyridine rings is 1. The molecule has 3 fully saturated rings. The van der Waals surface area contributed by atoms with E-state index < -0.39 is 12.0 Å². The van der Waals surface area contributed by atoms with E-state index in [0.29, 0.717) is 30.5 Å². The lowest BCUT2D eigenvalue weighted by molar-refractivity contribution is -0.133. The second kappa shape index (κ2) is 16.7. The number of fused-ring (bicyclic) bond motifs is 2. The van der Waals surface area contributed by atoms with E-state index in [-0.39, 0.29) is 47.8 Å². The summed E-state index contributed by atoms with van der Waals surface area (Å²) in [7, 11) is 0. The van der Waals surface area contributed by atoms with E-state index in [4.69, 9.17) is 0 Å². The molecule has 3 aliphatic rings. The zero-order valence-electron chi connectivity index (χ0n) is 30.7. The number of rotatable bonds is 11. The molecular formula is C42H57N5O4. The molecule has 2 aromatic carbocycles. The molecular weight excluding hydrogens is 638 g/mol. The van der Waals surface area contributed by atoms with Crippen LogP contribution >= 0.6 is 0 Å². The molecule has 274 valence electrons. The van der Waals surface area contributed by atoms with E-state index in [0.717, 1.165) is 55.0 Å². The highest BCUT2D eigenvalue weighted by Gasteiger charge is 2.41. The average molecular weight is 696 g/mol. The minimum absolute atomic E-state index is 0.0292. The summed E-state index contributed by atoms with van der Waals surface area (Å²) < 4.78 is 0. The van der Waals surface area contributed by atoms with Gasteiger partial charge in [-0.25, -0.2) is 0 Å². The summed E-state index contributed by atoms with van der Waals surface area (Å²) in [6, 6.07) is 18.9. The van der Waals surface area contributed by atoms with Gasteiger partial charge in [0.25, 0.3) is 5.91 Å². The van der Waals surface area contributed by atoms with Gasteiger partial charge in [0.2, 0.25) is 11.8 Å². The maximum absolute atomic E-state index is 14.2. The van der Waals surface area contributed by atoms with Crippen molar-refractivity contribution >= 4 is 28.5 Å². The molecule has 1 saturated heterocycles. The summed E-state index contributed by atoms with van der Waals surface area (Å²) in [5, 5.41) is 23.3. The van der Waals surface area contributed by atoms with Crippen molar-refractivity contribution in [1.82, 2.24) is 25.8 Å². The van der Waals surface area contributed by atoms with Crippen LogP contribution in [0.15, 0.2) is 66.9 Å². The monoisotopic (exact) mass is 695 g/mol. The quantitative estimate of drug-likeness (QED) is 0.201. The molecule has 2 saturated carbocycles. The third-order valence-electron chi connectivity index (χ3n) is 11.3. The van der Waals surface area contributed by atoms with Crippen molar-refractivity contribution in [3.05, 3.63) is 78.1 Å². The number of aliphatic hydroxyl groups is 1. The first-order valence-electron chi connectivity index (χ1n) is 19.3. The topological polar surface area (TPSA) is 124 Å². The average Bonchev–Trinajstić information content (AvgIpc) is 3.11. The number of carbonyl (C=O) groups excluding carboxylic acids is 3. The molecule has 1 aliphatic heterocycles. The Morgan fingerprint density at radius 1 is 0.863 bits per heavy atom. The van der Waals surface area contributed by atoms with Crippen LogP contribution in [-0.4, -0.2) is 75.6 Å². The number of aliphatic hydroxyl groups excluding tert-OH is 1. The van der Waals surface area contributed by atoms with Crippen LogP contribution in [0.3, 0.4) is 0 Å². The first-order valence-corrected chi connectivity index (χ1v) is 19.3. The highest BCUT2D eigenvalue weighted by atomic mass is 16.3. The lowest BCUT2D eigenvalue weighted by Crippen LogP contribution is -2.59. The van der Waals surface area contributed by atoms with Crippen molar-refractivity contribution in [1.29, 1.82) is 0 Å². The van der Waals surface area contributed by atoms with Crippen LogP contribution < -0.4 is 16.0 Å². The van der Waals surface area contributed by atoms with E-state index in [2.05, 4.69) is 25.8 Å². The van der Waals surface area contributed by atoms with E-state index in [9.17, 15) is 19.5 Å². The van der Waals surface area contributed by atoms with E-state index in [1.807, 2.05) is 81.4 Å². The van der Waals surface area contributed by atoms with Crippen molar-refractivity contribution in [3.8, 4) is 0 Å². The molecule has 4 N–H and O–H groups in total. The first kappa shape index (κ1) is 37.0. The highest BCUT2D eigenvalue weighted by molar-refractivity contribution is 5.96. The molecule has 0 bridgehead atoms. The lowest BCUT2D eigenvalue weighted by atomic mass is 9.72. The molecule has 2 aliphatic carbocycles. The van der Waals surface area contributed by atoms with Crippen LogP contribution in [0.5, 0.6) is 0 Å². The molecule has 2 heterocycles. The molecule has 1 aromatic heterocycles. The maximum Gasteiger partial charge on any atom is 0.270 e. The fraction of sp³-hybridized carbons (Fsp3) is 0.571. The Labute approximate surface area is 303 Å². The number of piperidine rings is 1. The number of amides is 3. The number of aromatic nitrogens is 1. The molecule has 0 radical (unpaired) electrons. The van der Waals surface area contributed by atoms with Crippen LogP contribution in [0.25, 0.3) is 10.8 Å². The Morgan fingerprint density at radius 3 is 2.24 bits per heavy atom. The van der Waals surface area contributed by atoms with Gasteiger partial charge in [0.15, 0.2) is 0 Å². The van der Waals surface area contributed by atoms with Gasteiger partial charge < -0.3 is 21.1 Å². The molecule has 3 amide bonds. The van der Waals surface area contributed by atoms with Crippen molar-refractivity contribution in [3.63, 3.8) is 0 Å². The second-order valence-corrected chi connectivity index (χ2v) is 16.4. The SMILES string of the molecule is CC(C)(C)NC(=O)[C@@H]1C[C@@H]2CCCC[C@@H]2CN1CC(O)C[C@@H](Cc1ccccc1)C(=O)N[C@H]1CCCC[C@@H]1NC(=O)c1cc2ccccc2cn1. The fourth-order valence-electron chi connectivity index (χ4n) is 8.71. The largest absolute Gasteiger partial charge is 0.392 e. The van der Waals surface area contributed by atoms with Crippen molar-refractivity contribution < 1.29 is 19.5 Å². The van der Waals surface area contributed by atoms with Gasteiger partial charge in [-0.3, -0.25) is 24.3 Å². The van der Waals surface area contributed by atoms with Gasteiger partial charge in [-0.1, -0.05) is 86.7 Å². The van der Waals surface area contributed by atoms with Crippen LogP contribution in [-0.2, 0) is 16.0 Å². The minimum Gasteiger partial charge on any atom is -0.392 e. The Morgan fingerprint density at radius 2 is 1.51 bits per heavy atom. The van der Waals surface area contributed by atoms with Gasteiger partial charge in [-0.15, -0.1) is 0 Å². The van der Waals surface area contributed by atoms with Gasteiger partial charge in [-0.2, -0.15) is 0 Å². The number of carbonyl (C=O) groups is 3. The maximum atomic E-state index is 14.2. The number of nitrogens with zero attached hydrogens (tertiary/aromatic N) is 2. The van der Waals surface area contributed by atoms with Crippen molar-refractivity contribution in [2.75, 3.05) is 13.1 Å². The number of β-amino-alcohol motifs (C(OH)–C–C–N with tert-alkyl or cyclic N) is 1. The minimum atomic E-state index is -0.782. The number of hydrogen-bond acceptors (Lipinski definition) is 6. The van der Waals surface area contributed by atoms with Gasteiger partial charge in [0.1, 0.15) is 5.69 Å². The fourth-order valence-corrected chi connectivity index (χ4v) is 8.71. The Bertz CT molecular complexity index is 1640. The van der Waals surface area contributed by atoms with Gasteiger partial charge in [-0.05, 0) is 88.1 Å². The van der Waals surface area contributed by atoms with Gasteiger partial charge in [0.05, 0.1) is 12.1 Å². The Kier molecular flexibility index (Phi) is 12.1. The number of benzene rings is 2. The molecule has 6 rings (SSSR count). The summed E-state index contributed by atoms with van der Waals surface area (Å²) in [5.41, 5.74) is 1.05. The highest BCUT2D eigenvalue weighted by Crippen LogP contribution is 2.39. The summed E-state index contributed by atoms with van der Waals surface area (Å²) in [5.74, 6) is 0.283. The van der Waals surface area contributed by atoms with E-state index in [1.54, 1.807) is 6.20 Å². The van der Waals surface area contributed by atoms with E-state index in [1.165, 1.54) is 25.7 Å². The Hall–Kier alpha value is -3.82. The van der Waals surface area contributed by atoms with Crippen LogP contribution in [0, 0.1) is 17.8 Å². The first-order chi connectivity index (χ1) is 24.5. The second-order valence-electron chi connectivity index (χ2n) is 16.4. The molecule has 1 unspecified atom stereocenters. The van der Waals surface area contributed by atoms with Gasteiger partial charge in [0, 0.05) is 48.2 Å². The third-order valence-corrected chi connectivity index (χ3v) is 11.3. The van der Waals surface area contributed by atoms with E-state index >= 15 is 0 Å². The lowest BCUT2D eigenvalue weighted by Gasteiger charge is -2.46. The Balaban J connectivity index is 1.14. The zero-order valence-corrected chi connectivity index (χ0v) is 30.7. The van der Waals surface area contributed by atoms with Crippen molar-refractivity contribution in [2.24, 2.45) is 17.8 Å². The number of hydrogen-bond donors (Lipinski definition) is 4. The van der Waals surface area contributed by atoms with Crippen LogP contribution in [0.1, 0.15) is 101 Å². The third kappa shape index (κ3) is 9.95. The zero-order chi connectivity index (χ0) is 36.0. The molecule has 51 heavy (non-hydrogen) atoms. The molecule has 9 nitrogen and oxygen atoms in total. The standard InChI is InChI=1S/C42H57N5O4/c1-42(2,3)46-41(51)38-24-30-16-8-10-18-32(30)26-47(38)27-34(48)22-33(21-28-13-5-4-6-14-28)39(49)44-35-19-11-12-20-36(35)45-40(50)37-23-29-15-7-9-17-31(29)25-43-37/h4-7,9,13-15,17,23,25,30,32-36,38,48H,8,10-12,16,18-22,24,26-27H2,1-3H3,(H,44,49)(H,45,50)(H,46,51)/t30-,32+,33+,34?,35-,36-,38-/m0/s1. The normalized spacial score (nSPS) is 25.3. The predicted molar refractivity (Wildman–Crippen MR) is 201 cm³/mol. The summed E-state index contributed by atoms with van der Waals surface area (Å²) in [6.07, 6.45) is 10.8. The van der Waals surface area contributed by atoms with Crippen molar-refractivity contribution in [2.45, 2.75) is 121 Å². The molecule has 9 heteroatoms. The summed E-state index contributed by atoms with van der Waals surface area (Å²) >= 11 is 0. The molecule has 7 atom stereocenters. The number of nitrogens with one attached hydrogen (secondary N) is 3. The molecule has 3 aromatic rings. The summed E-state index contributed by atoms with van der Waals surface area (Å²) in [6.45, 7) is 7.17. The molecule has 0 spiro atoms.